The number of carbonyl (C=O) groups excluding carboxylic acids is 1. The number of hydrogen-bond acceptors (Lipinski definition) is 6. The molecule has 1 aliphatic heterocycles. The number of piperazine rings is 1. The minimum absolute atomic E-state index is 0.0134. The molecule has 0 spiro atoms. The molecule has 4 heterocycles. The van der Waals surface area contributed by atoms with Crippen molar-refractivity contribution in [1.29, 1.82) is 0 Å². The summed E-state index contributed by atoms with van der Waals surface area (Å²) in [6.07, 6.45) is 10.8. The number of carbonyl (C=O) groups is 1. The van der Waals surface area contributed by atoms with Crippen LogP contribution in [-0.2, 0) is 17.8 Å². The maximum atomic E-state index is 13.0. The van der Waals surface area contributed by atoms with Gasteiger partial charge in [0.1, 0.15) is 10.5 Å². The van der Waals surface area contributed by atoms with Crippen LogP contribution in [0.3, 0.4) is 0 Å². The van der Waals surface area contributed by atoms with Gasteiger partial charge < -0.3 is 4.90 Å². The van der Waals surface area contributed by atoms with Crippen molar-refractivity contribution in [3.63, 3.8) is 0 Å². The van der Waals surface area contributed by atoms with Crippen LogP contribution in [0.25, 0.3) is 16.0 Å². The van der Waals surface area contributed by atoms with Gasteiger partial charge in [-0.15, -0.1) is 21.5 Å². The molecule has 34 heavy (non-hydrogen) atoms. The molecule has 9 heteroatoms. The topological polar surface area (TPSA) is 75.7 Å². The Morgan fingerprint density at radius 1 is 1.09 bits per heavy atom. The van der Waals surface area contributed by atoms with E-state index in [1.807, 2.05) is 20.7 Å². The molecule has 8 nitrogen and oxygen atoms in total. The van der Waals surface area contributed by atoms with Crippen molar-refractivity contribution in [3.05, 3.63) is 27.6 Å². The van der Waals surface area contributed by atoms with E-state index in [1.165, 1.54) is 43.4 Å². The average molecular weight is 485 g/mol. The molecule has 3 aromatic rings. The Bertz CT molecular complexity index is 1180. The van der Waals surface area contributed by atoms with Gasteiger partial charge in [-0.05, 0) is 30.7 Å². The van der Waals surface area contributed by atoms with Crippen molar-refractivity contribution in [1.82, 2.24) is 29.0 Å². The Morgan fingerprint density at radius 2 is 1.88 bits per heavy atom. The third kappa shape index (κ3) is 4.64. The summed E-state index contributed by atoms with van der Waals surface area (Å²) in [6, 6.07) is 2.68. The molecular weight excluding hydrogens is 448 g/mol. The van der Waals surface area contributed by atoms with Crippen LogP contribution in [0.15, 0.2) is 16.2 Å². The molecule has 0 atom stereocenters. The van der Waals surface area contributed by atoms with Crippen LogP contribution in [0, 0.1) is 0 Å². The van der Waals surface area contributed by atoms with Crippen LogP contribution in [0.2, 0.25) is 0 Å². The molecule has 1 saturated heterocycles. The lowest BCUT2D eigenvalue weighted by molar-refractivity contribution is -0.133. The highest BCUT2D eigenvalue weighted by molar-refractivity contribution is 7.17. The first-order valence-corrected chi connectivity index (χ1v) is 13.9. The van der Waals surface area contributed by atoms with E-state index < -0.39 is 0 Å². The summed E-state index contributed by atoms with van der Waals surface area (Å²) in [4.78, 5) is 30.7. The molecule has 0 radical (unpaired) electrons. The van der Waals surface area contributed by atoms with Crippen molar-refractivity contribution in [2.24, 2.45) is 0 Å². The van der Waals surface area contributed by atoms with Crippen molar-refractivity contribution in [2.75, 3.05) is 26.2 Å². The average Bonchev–Trinajstić information content (AvgIpc) is 3.53. The standard InChI is InChI=1S/C25H36N6O2S/c1-2-3-7-13-30-24(33)23-20(12-18-34-23)31-21(26-27-25(30)31)10-11-22(32)29-16-14-28(15-17-29)19-8-5-4-6-9-19/h12,18-19H,2-11,13-17H2,1H3. The van der Waals surface area contributed by atoms with E-state index in [0.717, 1.165) is 67.5 Å². The van der Waals surface area contributed by atoms with E-state index in [4.69, 9.17) is 0 Å². The predicted molar refractivity (Wildman–Crippen MR) is 136 cm³/mol. The number of thiophene rings is 1. The molecule has 184 valence electrons. The zero-order chi connectivity index (χ0) is 23.5. The second-order valence-electron chi connectivity index (χ2n) is 9.76. The number of hydrogen-bond donors (Lipinski definition) is 0. The smallest absolute Gasteiger partial charge is 0.272 e. The monoisotopic (exact) mass is 484 g/mol. The number of aromatic nitrogens is 4. The molecule has 2 aliphatic rings. The number of rotatable bonds is 8. The van der Waals surface area contributed by atoms with E-state index in [9.17, 15) is 9.59 Å². The third-order valence-corrected chi connectivity index (χ3v) is 8.48. The van der Waals surface area contributed by atoms with Gasteiger partial charge in [0.25, 0.3) is 5.56 Å². The summed E-state index contributed by atoms with van der Waals surface area (Å²) >= 11 is 1.46. The van der Waals surface area contributed by atoms with Crippen molar-refractivity contribution >= 4 is 33.2 Å². The lowest BCUT2D eigenvalue weighted by atomic mass is 9.94. The van der Waals surface area contributed by atoms with Crippen LogP contribution in [0.1, 0.15) is 70.5 Å². The largest absolute Gasteiger partial charge is 0.340 e. The molecule has 0 aromatic carbocycles. The molecule has 0 N–H and O–H groups in total. The van der Waals surface area contributed by atoms with Gasteiger partial charge in [0, 0.05) is 51.6 Å². The number of fused-ring (bicyclic) bond motifs is 3. The summed E-state index contributed by atoms with van der Waals surface area (Å²) in [5.74, 6) is 1.55. The zero-order valence-corrected chi connectivity index (χ0v) is 21.1. The quantitative estimate of drug-likeness (QED) is 0.456. The Hall–Kier alpha value is -2.26. The van der Waals surface area contributed by atoms with Crippen LogP contribution >= 0.6 is 11.3 Å². The first kappa shape index (κ1) is 23.5. The van der Waals surface area contributed by atoms with Gasteiger partial charge in [-0.3, -0.25) is 23.5 Å². The molecule has 3 aromatic heterocycles. The molecule has 0 bridgehead atoms. The van der Waals surface area contributed by atoms with Gasteiger partial charge in [0.05, 0.1) is 5.52 Å². The highest BCUT2D eigenvalue weighted by Crippen LogP contribution is 2.24. The summed E-state index contributed by atoms with van der Waals surface area (Å²) in [6.45, 7) is 6.42. The van der Waals surface area contributed by atoms with E-state index >= 15 is 0 Å². The SMILES string of the molecule is CCCCCn1c(=O)c2sccc2n2c(CCC(=O)N3CCN(C4CCCCC4)CC3)nnc12. The predicted octanol–water partition coefficient (Wildman–Crippen LogP) is 3.71. The minimum Gasteiger partial charge on any atom is -0.340 e. The van der Waals surface area contributed by atoms with Crippen LogP contribution < -0.4 is 5.56 Å². The van der Waals surface area contributed by atoms with Crippen molar-refractivity contribution in [3.8, 4) is 0 Å². The molecule has 0 unspecified atom stereocenters. The number of unbranched alkanes of at least 4 members (excludes halogenated alkanes) is 2. The van der Waals surface area contributed by atoms with Crippen LogP contribution in [0.4, 0.5) is 0 Å². The second kappa shape index (κ2) is 10.6. The fourth-order valence-electron chi connectivity index (χ4n) is 5.62. The fraction of sp³-hybridized carbons (Fsp3) is 0.680. The van der Waals surface area contributed by atoms with E-state index in [0.29, 0.717) is 25.2 Å². The highest BCUT2D eigenvalue weighted by Gasteiger charge is 2.27. The maximum absolute atomic E-state index is 13.0. The van der Waals surface area contributed by atoms with Crippen LogP contribution in [-0.4, -0.2) is 67.1 Å². The van der Waals surface area contributed by atoms with Gasteiger partial charge in [-0.2, -0.15) is 0 Å². The normalized spacial score (nSPS) is 18.3. The zero-order valence-electron chi connectivity index (χ0n) is 20.2. The Morgan fingerprint density at radius 3 is 2.65 bits per heavy atom. The van der Waals surface area contributed by atoms with Crippen LogP contribution in [0.5, 0.6) is 0 Å². The molecule has 1 aliphatic carbocycles. The van der Waals surface area contributed by atoms with E-state index in [2.05, 4.69) is 22.0 Å². The van der Waals surface area contributed by atoms with Crippen molar-refractivity contribution in [2.45, 2.75) is 83.7 Å². The fourth-order valence-corrected chi connectivity index (χ4v) is 6.45. The molecule has 5 rings (SSSR count). The summed E-state index contributed by atoms with van der Waals surface area (Å²) < 4.78 is 4.49. The van der Waals surface area contributed by atoms with Crippen molar-refractivity contribution < 1.29 is 4.79 Å². The molecule has 2 fully saturated rings. The van der Waals surface area contributed by atoms with Gasteiger partial charge in [-0.25, -0.2) is 0 Å². The Balaban J connectivity index is 1.27. The highest BCUT2D eigenvalue weighted by atomic mass is 32.1. The molecular formula is C25H36N6O2S. The first-order chi connectivity index (χ1) is 16.7. The number of aryl methyl sites for hydroxylation is 2. The van der Waals surface area contributed by atoms with E-state index in [1.54, 1.807) is 4.57 Å². The van der Waals surface area contributed by atoms with Gasteiger partial charge in [0.15, 0.2) is 0 Å². The molecule has 1 amide bonds. The summed E-state index contributed by atoms with van der Waals surface area (Å²) in [5, 5.41) is 10.8. The van der Waals surface area contributed by atoms with Gasteiger partial charge in [-0.1, -0.05) is 39.0 Å². The lowest BCUT2D eigenvalue weighted by Crippen LogP contribution is -2.52. The Labute approximate surface area is 204 Å². The second-order valence-corrected chi connectivity index (χ2v) is 10.7. The summed E-state index contributed by atoms with van der Waals surface area (Å²) in [5.41, 5.74) is 0.866. The lowest BCUT2D eigenvalue weighted by Gasteiger charge is -2.40. The number of amides is 1. The third-order valence-electron chi connectivity index (χ3n) is 7.58. The maximum Gasteiger partial charge on any atom is 0.272 e. The summed E-state index contributed by atoms with van der Waals surface area (Å²) in [7, 11) is 0. The first-order valence-electron chi connectivity index (χ1n) is 13.0. The molecule has 1 saturated carbocycles. The minimum atomic E-state index is 0.0134. The number of nitrogens with zero attached hydrogens (tertiary/aromatic N) is 6. The van der Waals surface area contributed by atoms with Gasteiger partial charge in [0.2, 0.25) is 11.7 Å². The van der Waals surface area contributed by atoms with Gasteiger partial charge >= 0.3 is 0 Å². The Kier molecular flexibility index (Phi) is 7.29. The van der Waals surface area contributed by atoms with E-state index in [-0.39, 0.29) is 11.5 Å².